The maximum absolute atomic E-state index is 13.0. The topological polar surface area (TPSA) is 85.2 Å². The van der Waals surface area contributed by atoms with E-state index in [1.165, 1.54) is 0 Å². The Morgan fingerprint density at radius 2 is 2.00 bits per heavy atom. The average molecular weight is 390 g/mol. The Morgan fingerprint density at radius 1 is 1.21 bits per heavy atom. The summed E-state index contributed by atoms with van der Waals surface area (Å²) < 4.78 is 7.01. The van der Waals surface area contributed by atoms with Crippen LogP contribution in [-0.4, -0.2) is 28.7 Å². The zero-order valence-corrected chi connectivity index (χ0v) is 16.5. The molecule has 2 heterocycles. The summed E-state index contributed by atoms with van der Waals surface area (Å²) in [7, 11) is 1.59. The Bertz CT molecular complexity index is 1100. The monoisotopic (exact) mass is 390 g/mol. The molecule has 7 nitrogen and oxygen atoms in total. The van der Waals surface area contributed by atoms with E-state index in [0.29, 0.717) is 17.1 Å². The second kappa shape index (κ2) is 7.43. The first-order valence-corrected chi connectivity index (χ1v) is 9.37. The lowest BCUT2D eigenvalue weighted by molar-refractivity contribution is -0.125. The van der Waals surface area contributed by atoms with Gasteiger partial charge < -0.3 is 15.4 Å². The molecule has 2 aromatic carbocycles. The van der Waals surface area contributed by atoms with Crippen LogP contribution in [0.25, 0.3) is 11.1 Å². The number of fused-ring (bicyclic) bond motifs is 1. The maximum atomic E-state index is 13.0. The van der Waals surface area contributed by atoms with Gasteiger partial charge in [0, 0.05) is 16.8 Å². The lowest BCUT2D eigenvalue weighted by Gasteiger charge is -2.25. The number of hydrogen-bond acceptors (Lipinski definition) is 4. The molecule has 0 saturated carbocycles. The Hall–Kier alpha value is -3.61. The van der Waals surface area contributed by atoms with Gasteiger partial charge in [0.25, 0.3) is 0 Å². The molecule has 0 saturated heterocycles. The maximum Gasteiger partial charge on any atom is 0.249 e. The van der Waals surface area contributed by atoms with Gasteiger partial charge in [0.15, 0.2) is 0 Å². The van der Waals surface area contributed by atoms with Crippen molar-refractivity contribution >= 4 is 23.3 Å². The Labute approximate surface area is 168 Å². The molecule has 1 aromatic heterocycles. The second-order valence-electron chi connectivity index (χ2n) is 7.13. The highest BCUT2D eigenvalue weighted by atomic mass is 16.5. The average Bonchev–Trinajstić information content (AvgIpc) is 3.13. The van der Waals surface area contributed by atoms with Gasteiger partial charge in [-0.05, 0) is 37.1 Å². The normalized spacial score (nSPS) is 15.4. The van der Waals surface area contributed by atoms with Gasteiger partial charge in [0.1, 0.15) is 17.6 Å². The fourth-order valence-corrected chi connectivity index (χ4v) is 3.52. The van der Waals surface area contributed by atoms with Crippen LogP contribution >= 0.6 is 0 Å². The second-order valence-corrected chi connectivity index (χ2v) is 7.13. The van der Waals surface area contributed by atoms with Crippen molar-refractivity contribution in [3.63, 3.8) is 0 Å². The molecule has 2 amide bonds. The third-order valence-corrected chi connectivity index (χ3v) is 5.08. The van der Waals surface area contributed by atoms with Crippen LogP contribution in [0.1, 0.15) is 23.6 Å². The van der Waals surface area contributed by atoms with Gasteiger partial charge in [0.05, 0.1) is 19.7 Å². The summed E-state index contributed by atoms with van der Waals surface area (Å²) in [6.45, 7) is 3.90. The van der Waals surface area contributed by atoms with Crippen LogP contribution in [0.5, 0.6) is 5.75 Å². The Morgan fingerprint density at radius 3 is 2.79 bits per heavy atom. The molecular weight excluding hydrogens is 368 g/mol. The summed E-state index contributed by atoms with van der Waals surface area (Å²) in [5.74, 6) is 0.658. The predicted molar refractivity (Wildman–Crippen MR) is 111 cm³/mol. The van der Waals surface area contributed by atoms with E-state index in [2.05, 4.69) is 15.7 Å². The molecule has 1 aliphatic heterocycles. The van der Waals surface area contributed by atoms with E-state index in [9.17, 15) is 9.59 Å². The number of nitrogens with zero attached hydrogens (tertiary/aromatic N) is 2. The summed E-state index contributed by atoms with van der Waals surface area (Å²) in [5.41, 5.74) is 4.25. The highest BCUT2D eigenvalue weighted by Gasteiger charge is 2.33. The van der Waals surface area contributed by atoms with Crippen LogP contribution in [0.4, 0.5) is 11.5 Å². The smallest absolute Gasteiger partial charge is 0.249 e. The lowest BCUT2D eigenvalue weighted by Crippen LogP contribution is -2.36. The number of amides is 2. The van der Waals surface area contributed by atoms with Crippen molar-refractivity contribution in [3.8, 4) is 16.9 Å². The summed E-state index contributed by atoms with van der Waals surface area (Å²) >= 11 is 0. The van der Waals surface area contributed by atoms with Gasteiger partial charge in [0.2, 0.25) is 11.8 Å². The van der Waals surface area contributed by atoms with Crippen molar-refractivity contribution in [2.24, 2.45) is 0 Å². The van der Waals surface area contributed by atoms with Gasteiger partial charge in [-0.25, -0.2) is 4.68 Å². The fraction of sp³-hybridized carbons (Fsp3) is 0.227. The summed E-state index contributed by atoms with van der Waals surface area (Å²) in [4.78, 5) is 25.4. The molecule has 1 atom stereocenters. The van der Waals surface area contributed by atoms with E-state index in [1.54, 1.807) is 18.0 Å². The van der Waals surface area contributed by atoms with Crippen LogP contribution in [0.3, 0.4) is 0 Å². The van der Waals surface area contributed by atoms with Gasteiger partial charge in [-0.15, -0.1) is 0 Å². The van der Waals surface area contributed by atoms with Gasteiger partial charge in [-0.3, -0.25) is 9.59 Å². The molecule has 7 heteroatoms. The minimum Gasteiger partial charge on any atom is -0.496 e. The zero-order chi connectivity index (χ0) is 20.5. The lowest BCUT2D eigenvalue weighted by atomic mass is 10.0. The summed E-state index contributed by atoms with van der Waals surface area (Å²) in [6, 6.07) is 12.6. The minimum absolute atomic E-state index is 0.0245. The van der Waals surface area contributed by atoms with Gasteiger partial charge in [-0.2, -0.15) is 5.10 Å². The number of aromatic nitrogens is 2. The molecule has 0 fully saturated rings. The molecule has 0 bridgehead atoms. The SMILES string of the molecule is COc1ccccc1-c1cnn2c1NC(=O)CC2C(=O)Nc1cc(C)ccc1C. The number of ether oxygens (including phenoxy) is 1. The number of nitrogens with one attached hydrogen (secondary N) is 2. The molecular formula is C22H22N4O3. The number of benzene rings is 2. The molecule has 0 radical (unpaired) electrons. The van der Waals surface area contributed by atoms with Crippen LogP contribution in [0.15, 0.2) is 48.7 Å². The number of aryl methyl sites for hydroxylation is 2. The fourth-order valence-electron chi connectivity index (χ4n) is 3.52. The minimum atomic E-state index is -0.734. The first-order valence-electron chi connectivity index (χ1n) is 9.37. The highest BCUT2D eigenvalue weighted by molar-refractivity contribution is 6.03. The molecule has 3 aromatic rings. The Kier molecular flexibility index (Phi) is 4.80. The van der Waals surface area contributed by atoms with E-state index in [1.807, 2.05) is 56.3 Å². The van der Waals surface area contributed by atoms with Crippen molar-refractivity contribution in [2.45, 2.75) is 26.3 Å². The van der Waals surface area contributed by atoms with Crippen LogP contribution < -0.4 is 15.4 Å². The standard InChI is InChI=1S/C22H22N4O3/c1-13-8-9-14(2)17(10-13)24-22(28)18-11-20(27)25-21-16(12-23-26(18)21)15-6-4-5-7-19(15)29-3/h4-10,12,18H,11H2,1-3H3,(H,24,28)(H,25,27). The number of carbonyl (C=O) groups excluding carboxylic acids is 2. The van der Waals surface area contributed by atoms with Gasteiger partial charge in [-0.1, -0.05) is 30.3 Å². The van der Waals surface area contributed by atoms with Crippen LogP contribution in [0.2, 0.25) is 0 Å². The number of carbonyl (C=O) groups is 2. The van der Waals surface area contributed by atoms with Gasteiger partial charge >= 0.3 is 0 Å². The first kappa shape index (κ1) is 18.7. The number of rotatable bonds is 4. The number of hydrogen-bond donors (Lipinski definition) is 2. The molecule has 0 spiro atoms. The molecule has 1 unspecified atom stereocenters. The number of para-hydroxylation sites is 1. The molecule has 2 N–H and O–H groups in total. The summed E-state index contributed by atoms with van der Waals surface area (Å²) in [6.07, 6.45) is 1.67. The zero-order valence-electron chi connectivity index (χ0n) is 16.5. The van der Waals surface area contributed by atoms with E-state index in [4.69, 9.17) is 4.74 Å². The third-order valence-electron chi connectivity index (χ3n) is 5.08. The van der Waals surface area contributed by atoms with E-state index in [0.717, 1.165) is 22.4 Å². The van der Waals surface area contributed by atoms with E-state index < -0.39 is 6.04 Å². The van der Waals surface area contributed by atoms with Crippen LogP contribution in [0, 0.1) is 13.8 Å². The van der Waals surface area contributed by atoms with Crippen molar-refractivity contribution < 1.29 is 14.3 Å². The molecule has 1 aliphatic rings. The molecule has 4 rings (SSSR count). The van der Waals surface area contributed by atoms with Crippen molar-refractivity contribution in [2.75, 3.05) is 17.7 Å². The number of anilines is 2. The summed E-state index contributed by atoms with van der Waals surface area (Å²) in [5, 5.41) is 10.2. The van der Waals surface area contributed by atoms with E-state index in [-0.39, 0.29) is 18.2 Å². The largest absolute Gasteiger partial charge is 0.496 e. The molecule has 0 aliphatic carbocycles. The quantitative estimate of drug-likeness (QED) is 0.711. The highest BCUT2D eigenvalue weighted by Crippen LogP contribution is 2.38. The first-order chi connectivity index (χ1) is 14.0. The van der Waals surface area contributed by atoms with Crippen molar-refractivity contribution in [1.29, 1.82) is 0 Å². The van der Waals surface area contributed by atoms with Crippen molar-refractivity contribution in [1.82, 2.24) is 9.78 Å². The third kappa shape index (κ3) is 3.47. The molecule has 29 heavy (non-hydrogen) atoms. The predicted octanol–water partition coefficient (Wildman–Crippen LogP) is 3.70. The van der Waals surface area contributed by atoms with E-state index >= 15 is 0 Å². The number of methoxy groups -OCH3 is 1. The molecule has 148 valence electrons. The van der Waals surface area contributed by atoms with Crippen LogP contribution in [-0.2, 0) is 9.59 Å². The van der Waals surface area contributed by atoms with Crippen molar-refractivity contribution in [3.05, 3.63) is 59.8 Å². The Balaban J connectivity index is 1.70.